The van der Waals surface area contributed by atoms with Crippen molar-refractivity contribution >= 4 is 10.8 Å². The van der Waals surface area contributed by atoms with Gasteiger partial charge in [-0.3, -0.25) is 0 Å². The van der Waals surface area contributed by atoms with Crippen LogP contribution in [0.5, 0.6) is 0 Å². The van der Waals surface area contributed by atoms with E-state index in [0.717, 1.165) is 42.0 Å². The maximum absolute atomic E-state index is 15.2. The highest BCUT2D eigenvalue weighted by Gasteiger charge is 2.20. The lowest BCUT2D eigenvalue weighted by Gasteiger charge is -2.28. The molecule has 1 heteroatoms. The first-order valence-electron chi connectivity index (χ1n) is 15.1. The standard InChI is InChI=1S/C37H45F/c1-3-5-7-9-10-29-12-14-30(15-13-29)16-17-31-18-20-32(21-19-31)22-24-34-25-26-35-28-33(11-8-6-4-2)23-27-36(35)37(34)38/h4,6,18-21,23,25-30H,3,5,7-17H2,1-2H3/b6-4+. The zero-order valence-electron chi connectivity index (χ0n) is 23.6. The molecule has 0 aromatic heterocycles. The molecule has 3 aromatic rings. The Bertz CT molecular complexity index is 1230. The van der Waals surface area contributed by atoms with E-state index in [1.165, 1.54) is 75.3 Å². The quantitative estimate of drug-likeness (QED) is 0.137. The normalized spacial score (nSPS) is 17.6. The Morgan fingerprint density at radius 2 is 1.53 bits per heavy atom. The highest BCUT2D eigenvalue weighted by Crippen LogP contribution is 2.34. The number of rotatable bonds is 11. The summed E-state index contributed by atoms with van der Waals surface area (Å²) in [5, 5.41) is 1.59. The lowest BCUT2D eigenvalue weighted by molar-refractivity contribution is 0.249. The smallest absolute Gasteiger partial charge is 0.146 e. The van der Waals surface area contributed by atoms with Crippen molar-refractivity contribution in [1.82, 2.24) is 0 Å². The van der Waals surface area contributed by atoms with E-state index in [2.05, 4.69) is 61.2 Å². The third-order valence-electron chi connectivity index (χ3n) is 8.42. The maximum Gasteiger partial charge on any atom is 0.146 e. The molecule has 0 bridgehead atoms. The van der Waals surface area contributed by atoms with E-state index in [9.17, 15) is 0 Å². The highest BCUT2D eigenvalue weighted by atomic mass is 19.1. The molecule has 200 valence electrons. The Morgan fingerprint density at radius 3 is 2.26 bits per heavy atom. The van der Waals surface area contributed by atoms with Crippen molar-refractivity contribution in [3.63, 3.8) is 0 Å². The zero-order chi connectivity index (χ0) is 26.6. The molecule has 0 radical (unpaired) electrons. The Balaban J connectivity index is 1.27. The van der Waals surface area contributed by atoms with Crippen LogP contribution in [-0.2, 0) is 12.8 Å². The molecule has 0 heterocycles. The molecular weight excluding hydrogens is 463 g/mol. The van der Waals surface area contributed by atoms with Gasteiger partial charge in [0.05, 0.1) is 5.56 Å². The van der Waals surface area contributed by atoms with Gasteiger partial charge in [0.15, 0.2) is 0 Å². The van der Waals surface area contributed by atoms with Crippen LogP contribution < -0.4 is 0 Å². The van der Waals surface area contributed by atoms with Gasteiger partial charge in [-0.1, -0.05) is 125 Å². The Morgan fingerprint density at radius 1 is 0.789 bits per heavy atom. The van der Waals surface area contributed by atoms with E-state index >= 15 is 4.39 Å². The molecule has 1 fully saturated rings. The number of hydrogen-bond donors (Lipinski definition) is 0. The van der Waals surface area contributed by atoms with E-state index in [-0.39, 0.29) is 5.82 Å². The summed E-state index contributed by atoms with van der Waals surface area (Å²) >= 11 is 0. The van der Waals surface area contributed by atoms with Crippen LogP contribution in [0.1, 0.15) is 107 Å². The van der Waals surface area contributed by atoms with Gasteiger partial charge in [0, 0.05) is 10.9 Å². The van der Waals surface area contributed by atoms with Crippen molar-refractivity contribution < 1.29 is 4.39 Å². The van der Waals surface area contributed by atoms with Crippen molar-refractivity contribution in [2.24, 2.45) is 11.8 Å². The Hall–Kier alpha value is -2.85. The van der Waals surface area contributed by atoms with E-state index in [1.54, 1.807) is 0 Å². The molecule has 1 saturated carbocycles. The lowest BCUT2D eigenvalue weighted by Crippen LogP contribution is -2.15. The minimum Gasteiger partial charge on any atom is -0.205 e. The van der Waals surface area contributed by atoms with Gasteiger partial charge in [-0.25, -0.2) is 4.39 Å². The lowest BCUT2D eigenvalue weighted by atomic mass is 9.77. The van der Waals surface area contributed by atoms with E-state index in [0.29, 0.717) is 10.9 Å². The van der Waals surface area contributed by atoms with Crippen LogP contribution in [0.4, 0.5) is 4.39 Å². The van der Waals surface area contributed by atoms with Gasteiger partial charge in [0.1, 0.15) is 5.82 Å². The first-order chi connectivity index (χ1) is 18.7. The molecule has 0 N–H and O–H groups in total. The van der Waals surface area contributed by atoms with Crippen LogP contribution in [0.25, 0.3) is 10.8 Å². The molecule has 38 heavy (non-hydrogen) atoms. The second-order valence-electron chi connectivity index (χ2n) is 11.3. The second kappa shape index (κ2) is 14.9. The number of hydrogen-bond acceptors (Lipinski definition) is 0. The predicted molar refractivity (Wildman–Crippen MR) is 162 cm³/mol. The first-order valence-corrected chi connectivity index (χ1v) is 15.1. The molecule has 0 atom stereocenters. The molecule has 0 unspecified atom stereocenters. The number of fused-ring (bicyclic) bond motifs is 1. The summed E-state index contributed by atoms with van der Waals surface area (Å²) in [4.78, 5) is 0. The third-order valence-corrected chi connectivity index (χ3v) is 8.42. The van der Waals surface area contributed by atoms with E-state index in [4.69, 9.17) is 0 Å². The molecule has 1 aliphatic carbocycles. The summed E-state index contributed by atoms with van der Waals surface area (Å²) in [5.41, 5.74) is 4.03. The maximum atomic E-state index is 15.2. The van der Waals surface area contributed by atoms with Crippen molar-refractivity contribution in [2.75, 3.05) is 0 Å². The van der Waals surface area contributed by atoms with Crippen LogP contribution in [-0.4, -0.2) is 0 Å². The van der Waals surface area contributed by atoms with Crippen LogP contribution >= 0.6 is 0 Å². The summed E-state index contributed by atoms with van der Waals surface area (Å²) in [6.45, 7) is 4.33. The molecule has 0 spiro atoms. The molecule has 0 amide bonds. The summed E-state index contributed by atoms with van der Waals surface area (Å²) < 4.78 is 15.2. The predicted octanol–water partition coefficient (Wildman–Crippen LogP) is 10.6. The zero-order valence-corrected chi connectivity index (χ0v) is 23.6. The number of allylic oxidation sites excluding steroid dienone is 2. The number of aryl methyl sites for hydroxylation is 2. The van der Waals surface area contributed by atoms with Gasteiger partial charge < -0.3 is 0 Å². The second-order valence-corrected chi connectivity index (χ2v) is 11.3. The molecule has 3 aromatic carbocycles. The summed E-state index contributed by atoms with van der Waals surface area (Å²) in [5.74, 6) is 7.90. The van der Waals surface area contributed by atoms with Crippen LogP contribution in [0, 0.1) is 29.5 Å². The first kappa shape index (κ1) is 28.2. The van der Waals surface area contributed by atoms with Crippen LogP contribution in [0.2, 0.25) is 0 Å². The van der Waals surface area contributed by atoms with Gasteiger partial charge in [-0.2, -0.15) is 0 Å². The van der Waals surface area contributed by atoms with Crippen molar-refractivity contribution in [3.05, 3.63) is 94.8 Å². The summed E-state index contributed by atoms with van der Waals surface area (Å²) in [6, 6.07) is 18.4. The van der Waals surface area contributed by atoms with Gasteiger partial charge in [0.2, 0.25) is 0 Å². The SMILES string of the molecule is C/C=C/CCc1ccc2c(F)c(C#Cc3ccc(CCC4CCC(CCCCCC)CC4)cc3)ccc2c1. The van der Waals surface area contributed by atoms with E-state index in [1.807, 2.05) is 31.2 Å². The molecule has 1 aliphatic rings. The minimum atomic E-state index is -0.220. The number of unbranched alkanes of at least 4 members (excludes halogenated alkanes) is 3. The van der Waals surface area contributed by atoms with Crippen LogP contribution in [0.15, 0.2) is 66.7 Å². The fourth-order valence-corrected chi connectivity index (χ4v) is 5.94. The molecular formula is C37H45F. The van der Waals surface area contributed by atoms with Gasteiger partial charge in [-0.15, -0.1) is 0 Å². The van der Waals surface area contributed by atoms with Gasteiger partial charge in [0.25, 0.3) is 0 Å². The summed E-state index contributed by atoms with van der Waals surface area (Å²) in [6.07, 6.45) is 21.4. The van der Waals surface area contributed by atoms with Crippen molar-refractivity contribution in [1.29, 1.82) is 0 Å². The molecule has 4 rings (SSSR count). The topological polar surface area (TPSA) is 0 Å². The third kappa shape index (κ3) is 8.33. The molecule has 0 saturated heterocycles. The average Bonchev–Trinajstić information content (AvgIpc) is 2.95. The van der Waals surface area contributed by atoms with Crippen molar-refractivity contribution in [2.45, 2.75) is 97.3 Å². The Labute approximate surface area is 230 Å². The Kier molecular flexibility index (Phi) is 11.1. The number of benzene rings is 3. The number of halogens is 1. The van der Waals surface area contributed by atoms with Crippen LogP contribution in [0.3, 0.4) is 0 Å². The highest BCUT2D eigenvalue weighted by molar-refractivity contribution is 5.85. The summed E-state index contributed by atoms with van der Waals surface area (Å²) in [7, 11) is 0. The van der Waals surface area contributed by atoms with Gasteiger partial charge in [-0.05, 0) is 79.2 Å². The molecule has 0 aliphatic heterocycles. The molecule has 0 nitrogen and oxygen atoms in total. The fraction of sp³-hybridized carbons (Fsp3) is 0.459. The minimum absolute atomic E-state index is 0.220. The van der Waals surface area contributed by atoms with E-state index < -0.39 is 0 Å². The average molecular weight is 509 g/mol. The van der Waals surface area contributed by atoms with Crippen molar-refractivity contribution in [3.8, 4) is 11.8 Å². The largest absolute Gasteiger partial charge is 0.205 e. The fourth-order valence-electron chi connectivity index (χ4n) is 5.94. The monoisotopic (exact) mass is 508 g/mol. The van der Waals surface area contributed by atoms with Gasteiger partial charge >= 0.3 is 0 Å².